The Bertz CT molecular complexity index is 1000. The van der Waals surface area contributed by atoms with E-state index >= 15 is 0 Å². The zero-order chi connectivity index (χ0) is 17.4. The van der Waals surface area contributed by atoms with Gasteiger partial charge in [0.2, 0.25) is 5.78 Å². The van der Waals surface area contributed by atoms with Crippen molar-refractivity contribution >= 4 is 22.5 Å². The van der Waals surface area contributed by atoms with Gasteiger partial charge in [-0.15, -0.1) is 0 Å². The van der Waals surface area contributed by atoms with Gasteiger partial charge in [-0.05, 0) is 31.5 Å². The van der Waals surface area contributed by atoms with Gasteiger partial charge in [0.1, 0.15) is 5.69 Å². The molecular weight excluding hydrogens is 304 g/mol. The number of rotatable bonds is 4. The zero-order valence-corrected chi connectivity index (χ0v) is 13.6. The predicted molar refractivity (Wildman–Crippen MR) is 88.7 cm³/mol. The first kappa shape index (κ1) is 15.7. The Hall–Kier alpha value is -3.20. The summed E-state index contributed by atoms with van der Waals surface area (Å²) in [5.41, 5.74) is 3.12. The molecule has 2 aromatic heterocycles. The molecule has 0 fully saturated rings. The molecule has 6 heteroatoms. The van der Waals surface area contributed by atoms with Gasteiger partial charge in [0.15, 0.2) is 11.7 Å². The fourth-order valence-electron chi connectivity index (χ4n) is 2.82. The molecule has 0 bridgehead atoms. The van der Waals surface area contributed by atoms with Crippen LogP contribution >= 0.6 is 0 Å². The highest BCUT2D eigenvalue weighted by molar-refractivity contribution is 6.21. The van der Waals surface area contributed by atoms with Crippen molar-refractivity contribution in [2.75, 3.05) is 0 Å². The van der Waals surface area contributed by atoms with Gasteiger partial charge in [-0.2, -0.15) is 10.4 Å². The molecule has 1 unspecified atom stereocenters. The summed E-state index contributed by atoms with van der Waals surface area (Å²) in [6, 6.07) is 9.06. The number of ketones is 2. The van der Waals surface area contributed by atoms with Gasteiger partial charge in [0.05, 0.1) is 11.8 Å². The van der Waals surface area contributed by atoms with E-state index in [2.05, 4.69) is 10.1 Å². The highest BCUT2D eigenvalue weighted by Gasteiger charge is 2.31. The van der Waals surface area contributed by atoms with E-state index in [9.17, 15) is 14.9 Å². The molecule has 3 rings (SSSR count). The number of carbonyl (C=O) groups excluding carboxylic acids is 2. The molecule has 1 aromatic carbocycles. The first-order valence-electron chi connectivity index (χ1n) is 7.49. The number of H-pyrrole nitrogens is 1. The number of aromatic nitrogens is 3. The summed E-state index contributed by atoms with van der Waals surface area (Å²) >= 11 is 0. The topological polar surface area (TPSA) is 91.5 Å². The van der Waals surface area contributed by atoms with Crippen molar-refractivity contribution in [2.24, 2.45) is 13.0 Å². The van der Waals surface area contributed by atoms with Gasteiger partial charge in [-0.25, -0.2) is 0 Å². The summed E-state index contributed by atoms with van der Waals surface area (Å²) in [4.78, 5) is 28.4. The van der Waals surface area contributed by atoms with Gasteiger partial charge >= 0.3 is 0 Å². The quantitative estimate of drug-likeness (QED) is 0.591. The molecule has 1 atom stereocenters. The molecule has 0 radical (unpaired) electrons. The van der Waals surface area contributed by atoms with Crippen molar-refractivity contribution < 1.29 is 9.59 Å². The minimum atomic E-state index is -1.39. The molecule has 0 aliphatic rings. The van der Waals surface area contributed by atoms with Crippen LogP contribution in [0.1, 0.15) is 32.1 Å². The van der Waals surface area contributed by atoms with Crippen molar-refractivity contribution in [3.63, 3.8) is 0 Å². The minimum absolute atomic E-state index is 0.253. The van der Waals surface area contributed by atoms with E-state index in [1.807, 2.05) is 31.2 Å². The lowest BCUT2D eigenvalue weighted by Crippen LogP contribution is -2.24. The third kappa shape index (κ3) is 2.50. The largest absolute Gasteiger partial charge is 0.360 e. The highest BCUT2D eigenvalue weighted by atomic mass is 16.2. The summed E-state index contributed by atoms with van der Waals surface area (Å²) in [6.07, 6.45) is 1.55. The lowest BCUT2D eigenvalue weighted by molar-refractivity contribution is 0.0841. The number of hydrogen-bond acceptors (Lipinski definition) is 4. The molecule has 3 aromatic rings. The molecule has 0 aliphatic carbocycles. The van der Waals surface area contributed by atoms with Crippen molar-refractivity contribution in [1.82, 2.24) is 14.8 Å². The standard InChI is InChI=1S/C18H16N4O2/c1-10-4-5-12-14(9-20-15(12)6-10)17(23)13(8-19)18(24)16-7-11(2)21-22(16)3/h4-7,9,13,20H,1-3H3. The summed E-state index contributed by atoms with van der Waals surface area (Å²) in [5, 5.41) is 14.2. The molecule has 0 saturated carbocycles. The van der Waals surface area contributed by atoms with Crippen LogP contribution in [0, 0.1) is 31.1 Å². The van der Waals surface area contributed by atoms with E-state index in [1.165, 1.54) is 4.68 Å². The number of aryl methyl sites for hydroxylation is 3. The molecule has 1 N–H and O–H groups in total. The number of nitrogens with zero attached hydrogens (tertiary/aromatic N) is 3. The van der Waals surface area contributed by atoms with Crippen molar-refractivity contribution in [1.29, 1.82) is 5.26 Å². The Morgan fingerprint density at radius 2 is 2.00 bits per heavy atom. The van der Waals surface area contributed by atoms with E-state index in [1.54, 1.807) is 26.2 Å². The number of Topliss-reactive ketones (excluding diaryl/α,β-unsaturated/α-hetero) is 2. The van der Waals surface area contributed by atoms with E-state index < -0.39 is 17.5 Å². The molecular formula is C18H16N4O2. The maximum Gasteiger partial charge on any atom is 0.205 e. The van der Waals surface area contributed by atoms with Crippen LogP contribution in [0.5, 0.6) is 0 Å². The Morgan fingerprint density at radius 3 is 2.62 bits per heavy atom. The van der Waals surface area contributed by atoms with Gasteiger partial charge in [0.25, 0.3) is 0 Å². The van der Waals surface area contributed by atoms with E-state index in [4.69, 9.17) is 0 Å². The van der Waals surface area contributed by atoms with Crippen LogP contribution in [0.25, 0.3) is 10.9 Å². The van der Waals surface area contributed by atoms with Crippen molar-refractivity contribution in [3.8, 4) is 6.07 Å². The number of hydrogen-bond donors (Lipinski definition) is 1. The summed E-state index contributed by atoms with van der Waals surface area (Å²) in [5.74, 6) is -2.43. The molecule has 24 heavy (non-hydrogen) atoms. The maximum absolute atomic E-state index is 12.8. The van der Waals surface area contributed by atoms with Crippen LogP contribution in [-0.4, -0.2) is 26.3 Å². The van der Waals surface area contributed by atoms with E-state index in [-0.39, 0.29) is 5.69 Å². The van der Waals surface area contributed by atoms with Crippen LogP contribution in [-0.2, 0) is 7.05 Å². The summed E-state index contributed by atoms with van der Waals surface area (Å²) < 4.78 is 1.40. The van der Waals surface area contributed by atoms with E-state index in [0.717, 1.165) is 11.1 Å². The van der Waals surface area contributed by atoms with Crippen LogP contribution in [0.3, 0.4) is 0 Å². The fourth-order valence-corrected chi connectivity index (χ4v) is 2.82. The second kappa shape index (κ2) is 5.78. The zero-order valence-electron chi connectivity index (χ0n) is 13.6. The number of fused-ring (bicyclic) bond motifs is 1. The SMILES string of the molecule is Cc1ccc2c(C(=O)C(C#N)C(=O)c3cc(C)nn3C)c[nH]c2c1. The molecule has 120 valence electrons. The molecule has 0 saturated heterocycles. The maximum atomic E-state index is 12.8. The number of benzene rings is 1. The average Bonchev–Trinajstić information content (AvgIpc) is 3.10. The summed E-state index contributed by atoms with van der Waals surface area (Å²) in [6.45, 7) is 3.70. The van der Waals surface area contributed by atoms with Crippen molar-refractivity contribution in [3.05, 3.63) is 53.0 Å². The predicted octanol–water partition coefficient (Wildman–Crippen LogP) is 2.72. The van der Waals surface area contributed by atoms with Crippen LogP contribution in [0.15, 0.2) is 30.5 Å². The minimum Gasteiger partial charge on any atom is -0.360 e. The lowest BCUT2D eigenvalue weighted by atomic mass is 9.93. The third-order valence-electron chi connectivity index (χ3n) is 4.01. The second-order valence-electron chi connectivity index (χ2n) is 5.84. The molecule has 2 heterocycles. The molecule has 6 nitrogen and oxygen atoms in total. The third-order valence-corrected chi connectivity index (χ3v) is 4.01. The number of nitrogens with one attached hydrogen (secondary N) is 1. The Kier molecular flexibility index (Phi) is 3.78. The molecule has 0 aliphatic heterocycles. The van der Waals surface area contributed by atoms with Crippen molar-refractivity contribution in [2.45, 2.75) is 13.8 Å². The second-order valence-corrected chi connectivity index (χ2v) is 5.84. The number of nitriles is 1. The monoisotopic (exact) mass is 320 g/mol. The Morgan fingerprint density at radius 1 is 1.25 bits per heavy atom. The van der Waals surface area contributed by atoms with Crippen LogP contribution < -0.4 is 0 Å². The average molecular weight is 320 g/mol. The number of carbonyl (C=O) groups is 2. The number of aromatic amines is 1. The normalized spacial score (nSPS) is 12.1. The summed E-state index contributed by atoms with van der Waals surface area (Å²) in [7, 11) is 1.62. The lowest BCUT2D eigenvalue weighted by Gasteiger charge is -2.07. The van der Waals surface area contributed by atoms with Crippen LogP contribution in [0.4, 0.5) is 0 Å². The van der Waals surface area contributed by atoms with Gasteiger partial charge in [0, 0.05) is 29.7 Å². The fraction of sp³-hybridized carbons (Fsp3) is 0.222. The first-order chi connectivity index (χ1) is 11.4. The smallest absolute Gasteiger partial charge is 0.205 e. The first-order valence-corrected chi connectivity index (χ1v) is 7.49. The Balaban J connectivity index is 2.01. The van der Waals surface area contributed by atoms with Gasteiger partial charge in [-0.3, -0.25) is 14.3 Å². The molecule has 0 spiro atoms. The Labute approximate surface area is 138 Å². The van der Waals surface area contributed by atoms with Crippen LogP contribution in [0.2, 0.25) is 0 Å². The highest BCUT2D eigenvalue weighted by Crippen LogP contribution is 2.23. The molecule has 0 amide bonds. The van der Waals surface area contributed by atoms with E-state index in [0.29, 0.717) is 16.6 Å². The van der Waals surface area contributed by atoms with Gasteiger partial charge < -0.3 is 4.98 Å². The van der Waals surface area contributed by atoms with Gasteiger partial charge in [-0.1, -0.05) is 12.1 Å².